The highest BCUT2D eigenvalue weighted by atomic mass is 35.5. The van der Waals surface area contributed by atoms with Gasteiger partial charge in [0.25, 0.3) is 5.56 Å². The van der Waals surface area contributed by atoms with Crippen molar-refractivity contribution in [1.29, 1.82) is 0 Å². The molecule has 2 aromatic carbocycles. The Hall–Kier alpha value is -3.18. The highest BCUT2D eigenvalue weighted by Crippen LogP contribution is 2.43. The highest BCUT2D eigenvalue weighted by Gasteiger charge is 2.20. The summed E-state index contributed by atoms with van der Waals surface area (Å²) in [6.45, 7) is 7.72. The largest absolute Gasteiger partial charge is 0.325 e. The van der Waals surface area contributed by atoms with E-state index in [1.165, 1.54) is 6.07 Å². The van der Waals surface area contributed by atoms with Gasteiger partial charge in [-0.2, -0.15) is 10.2 Å². The quantitative estimate of drug-likeness (QED) is 0.479. The van der Waals surface area contributed by atoms with Crippen molar-refractivity contribution >= 4 is 39.7 Å². The smallest absolute Gasteiger partial charge is 0.272 e. The van der Waals surface area contributed by atoms with E-state index in [-0.39, 0.29) is 17.1 Å². The molecule has 0 aliphatic heterocycles. The molecule has 9 heteroatoms. The van der Waals surface area contributed by atoms with Gasteiger partial charge in [-0.05, 0) is 29.8 Å². The SMILES string of the molecule is [C-]#[N+]c1c(Cl)cc(Cl)cc1-c1c(-c2ccc3c(=O)[nH]nc(CN)c3c2)cnn1C. The molecule has 144 valence electrons. The molecule has 0 bridgehead atoms. The van der Waals surface area contributed by atoms with Crippen LogP contribution in [0.5, 0.6) is 0 Å². The Morgan fingerprint density at radius 2 is 2.00 bits per heavy atom. The third-order valence-corrected chi connectivity index (χ3v) is 5.21. The molecule has 0 amide bonds. The van der Waals surface area contributed by atoms with Crippen LogP contribution in [0.15, 0.2) is 41.3 Å². The first kappa shape index (κ1) is 19.2. The van der Waals surface area contributed by atoms with Crippen molar-refractivity contribution in [2.24, 2.45) is 12.8 Å². The Labute approximate surface area is 175 Å². The topological polar surface area (TPSA) is 93.9 Å². The Kier molecular flexibility index (Phi) is 4.84. The second-order valence-corrected chi connectivity index (χ2v) is 7.23. The fourth-order valence-electron chi connectivity index (χ4n) is 3.37. The second-order valence-electron chi connectivity index (χ2n) is 6.39. The Morgan fingerprint density at radius 1 is 1.21 bits per heavy atom. The minimum atomic E-state index is -0.285. The number of aromatic nitrogens is 4. The van der Waals surface area contributed by atoms with E-state index in [1.807, 2.05) is 12.1 Å². The zero-order valence-corrected chi connectivity index (χ0v) is 16.7. The van der Waals surface area contributed by atoms with Crippen LogP contribution in [0.25, 0.3) is 38.0 Å². The zero-order chi connectivity index (χ0) is 20.7. The van der Waals surface area contributed by atoms with Crippen molar-refractivity contribution in [1.82, 2.24) is 20.0 Å². The second kappa shape index (κ2) is 7.33. The summed E-state index contributed by atoms with van der Waals surface area (Å²) in [5, 5.41) is 12.7. The number of hydrogen-bond donors (Lipinski definition) is 2. The first-order valence-electron chi connectivity index (χ1n) is 8.55. The molecule has 29 heavy (non-hydrogen) atoms. The number of halogens is 2. The summed E-state index contributed by atoms with van der Waals surface area (Å²) in [6.07, 6.45) is 1.70. The lowest BCUT2D eigenvalue weighted by atomic mass is 9.98. The van der Waals surface area contributed by atoms with Crippen LogP contribution in [0.2, 0.25) is 10.0 Å². The minimum Gasteiger partial charge on any atom is -0.325 e. The van der Waals surface area contributed by atoms with Gasteiger partial charge in [-0.1, -0.05) is 29.3 Å². The molecule has 0 atom stereocenters. The molecule has 0 unspecified atom stereocenters. The van der Waals surface area contributed by atoms with Gasteiger partial charge in [0.15, 0.2) is 0 Å². The average molecular weight is 425 g/mol. The predicted octanol–water partition coefficient (Wildman–Crippen LogP) is 4.31. The van der Waals surface area contributed by atoms with E-state index in [0.717, 1.165) is 11.1 Å². The Bertz CT molecular complexity index is 1370. The van der Waals surface area contributed by atoms with Crippen LogP contribution in [0.4, 0.5) is 5.69 Å². The summed E-state index contributed by atoms with van der Waals surface area (Å²) in [5.41, 5.74) is 9.21. The van der Waals surface area contributed by atoms with Crippen LogP contribution >= 0.6 is 23.2 Å². The summed E-state index contributed by atoms with van der Waals surface area (Å²) in [5.74, 6) is 0. The van der Waals surface area contributed by atoms with Crippen LogP contribution in [-0.4, -0.2) is 20.0 Å². The fourth-order valence-corrected chi connectivity index (χ4v) is 3.91. The van der Waals surface area contributed by atoms with Crippen molar-refractivity contribution in [3.8, 4) is 22.4 Å². The number of aromatic amines is 1. The van der Waals surface area contributed by atoms with Gasteiger partial charge < -0.3 is 5.73 Å². The molecule has 2 heterocycles. The number of nitrogens with one attached hydrogen (secondary N) is 1. The Balaban J connectivity index is 2.01. The maximum Gasteiger partial charge on any atom is 0.272 e. The van der Waals surface area contributed by atoms with E-state index in [2.05, 4.69) is 20.1 Å². The molecule has 3 N–H and O–H groups in total. The van der Waals surface area contributed by atoms with Gasteiger partial charge in [0.05, 0.1) is 29.5 Å². The lowest BCUT2D eigenvalue weighted by Gasteiger charge is -2.12. The van der Waals surface area contributed by atoms with Crippen molar-refractivity contribution in [3.63, 3.8) is 0 Å². The lowest BCUT2D eigenvalue weighted by Crippen LogP contribution is -2.13. The van der Waals surface area contributed by atoms with E-state index in [4.69, 9.17) is 35.5 Å². The van der Waals surface area contributed by atoms with Crippen LogP contribution < -0.4 is 11.3 Å². The molecule has 0 saturated carbocycles. The van der Waals surface area contributed by atoms with Crippen LogP contribution in [0.1, 0.15) is 5.69 Å². The monoisotopic (exact) mass is 424 g/mol. The molecule has 2 aromatic heterocycles. The zero-order valence-electron chi connectivity index (χ0n) is 15.2. The summed E-state index contributed by atoms with van der Waals surface area (Å²) >= 11 is 12.5. The van der Waals surface area contributed by atoms with Crippen molar-refractivity contribution in [3.05, 3.63) is 74.0 Å². The van der Waals surface area contributed by atoms with Gasteiger partial charge in [-0.25, -0.2) is 9.94 Å². The predicted molar refractivity (Wildman–Crippen MR) is 114 cm³/mol. The molecule has 7 nitrogen and oxygen atoms in total. The summed E-state index contributed by atoms with van der Waals surface area (Å²) in [7, 11) is 1.78. The number of fused-ring (bicyclic) bond motifs is 1. The van der Waals surface area contributed by atoms with Gasteiger partial charge in [-0.15, -0.1) is 0 Å². The number of aryl methyl sites for hydroxylation is 1. The molecular weight excluding hydrogens is 411 g/mol. The van der Waals surface area contributed by atoms with Crippen molar-refractivity contribution in [2.75, 3.05) is 0 Å². The normalized spacial score (nSPS) is 11.0. The summed E-state index contributed by atoms with van der Waals surface area (Å²) < 4.78 is 1.66. The number of rotatable bonds is 3. The number of H-pyrrole nitrogens is 1. The van der Waals surface area contributed by atoms with Gasteiger partial charge in [0.1, 0.15) is 0 Å². The van der Waals surface area contributed by atoms with Crippen molar-refractivity contribution in [2.45, 2.75) is 6.54 Å². The molecule has 0 spiro atoms. The minimum absolute atomic E-state index is 0.183. The molecule has 4 aromatic rings. The first-order chi connectivity index (χ1) is 13.9. The summed E-state index contributed by atoms with van der Waals surface area (Å²) in [4.78, 5) is 15.7. The van der Waals surface area contributed by atoms with Crippen LogP contribution in [0, 0.1) is 6.57 Å². The maximum absolute atomic E-state index is 12.1. The molecule has 0 fully saturated rings. The van der Waals surface area contributed by atoms with Crippen LogP contribution in [0.3, 0.4) is 0 Å². The average Bonchev–Trinajstić information content (AvgIpc) is 3.09. The fraction of sp³-hybridized carbons (Fsp3) is 0.100. The van der Waals surface area contributed by atoms with Gasteiger partial charge in [0, 0.05) is 40.2 Å². The first-order valence-corrected chi connectivity index (χ1v) is 9.30. The van der Waals surface area contributed by atoms with E-state index >= 15 is 0 Å². The molecule has 0 aliphatic carbocycles. The van der Waals surface area contributed by atoms with Crippen molar-refractivity contribution < 1.29 is 0 Å². The van der Waals surface area contributed by atoms with E-state index in [0.29, 0.717) is 38.4 Å². The Morgan fingerprint density at radius 3 is 2.72 bits per heavy atom. The highest BCUT2D eigenvalue weighted by molar-refractivity contribution is 6.37. The maximum atomic E-state index is 12.1. The molecule has 0 saturated heterocycles. The van der Waals surface area contributed by atoms with E-state index < -0.39 is 0 Å². The number of nitrogens with two attached hydrogens (primary N) is 1. The molecule has 4 rings (SSSR count). The molecular formula is C20H14Cl2N6O. The number of nitrogens with zero attached hydrogens (tertiary/aromatic N) is 4. The van der Waals surface area contributed by atoms with E-state index in [1.54, 1.807) is 30.1 Å². The van der Waals surface area contributed by atoms with Gasteiger partial charge >= 0.3 is 0 Å². The third kappa shape index (κ3) is 3.17. The van der Waals surface area contributed by atoms with Crippen LogP contribution in [-0.2, 0) is 13.6 Å². The standard InChI is InChI=1S/C20H14Cl2N6O/c1-24-18-14(6-11(21)7-16(18)22)19-15(9-25-28(19)2)10-3-4-12-13(5-10)17(8-23)26-27-20(12)29/h3-7,9H,8,23H2,2H3,(H,27,29). The molecule has 0 aliphatic rings. The van der Waals surface area contributed by atoms with Gasteiger partial charge in [0.2, 0.25) is 5.69 Å². The number of hydrogen-bond acceptors (Lipinski definition) is 4. The van der Waals surface area contributed by atoms with E-state index in [9.17, 15) is 4.79 Å². The summed E-state index contributed by atoms with van der Waals surface area (Å²) in [6, 6.07) is 8.63. The number of benzene rings is 2. The third-order valence-electron chi connectivity index (χ3n) is 4.71. The van der Waals surface area contributed by atoms with Gasteiger partial charge in [-0.3, -0.25) is 9.48 Å². The molecule has 0 radical (unpaired) electrons. The lowest BCUT2D eigenvalue weighted by molar-refractivity contribution is 0.776.